The lowest BCUT2D eigenvalue weighted by molar-refractivity contribution is -0.125. The van der Waals surface area contributed by atoms with Crippen molar-refractivity contribution < 1.29 is 19.1 Å². The Bertz CT molecular complexity index is 647. The number of hydrogen-bond donors (Lipinski definition) is 4. The van der Waals surface area contributed by atoms with Crippen LogP contribution in [0.2, 0.25) is 0 Å². The van der Waals surface area contributed by atoms with E-state index in [9.17, 15) is 14.4 Å². The summed E-state index contributed by atoms with van der Waals surface area (Å²) < 4.78 is 4.91. The molecule has 0 radical (unpaired) electrons. The number of hydrogen-bond acceptors (Lipinski definition) is 5. The van der Waals surface area contributed by atoms with Crippen LogP contribution in [-0.4, -0.2) is 37.5 Å². The van der Waals surface area contributed by atoms with E-state index in [1.54, 1.807) is 24.3 Å². The standard InChI is InChI=1S/C16H24N4O4.C6H14.2C2H6/c1-10(2)14(17)15(22)19-8-13(21)20-12-6-4-11(5-7-12)9-24-16(23)18-3;1-4-5-6(2)3;2*1-2/h4-7,10,14H,8-9,17H2,1-3H3,(H,18,23)(H,19,22)(H,20,21);6H,4-5H2,1-3H3;2*1-2H3. The fourth-order valence-electron chi connectivity index (χ4n) is 2.28. The van der Waals surface area contributed by atoms with E-state index < -0.39 is 12.1 Å². The van der Waals surface area contributed by atoms with Gasteiger partial charge in [0.2, 0.25) is 11.8 Å². The number of nitrogens with one attached hydrogen (secondary N) is 3. The quantitative estimate of drug-likeness (QED) is 0.391. The number of ether oxygens (including phenoxy) is 1. The minimum atomic E-state index is -0.641. The lowest BCUT2D eigenvalue weighted by atomic mass is 10.1. The zero-order valence-electron chi connectivity index (χ0n) is 23.1. The highest BCUT2D eigenvalue weighted by atomic mass is 16.5. The van der Waals surface area contributed by atoms with Gasteiger partial charge in [0.25, 0.3) is 0 Å². The molecule has 8 heteroatoms. The number of rotatable bonds is 9. The smallest absolute Gasteiger partial charge is 0.407 e. The molecular formula is C26H50N4O4. The average Bonchev–Trinajstić information content (AvgIpc) is 2.84. The van der Waals surface area contributed by atoms with Gasteiger partial charge in [0.1, 0.15) is 6.61 Å². The van der Waals surface area contributed by atoms with Crippen molar-refractivity contribution in [1.82, 2.24) is 10.6 Å². The summed E-state index contributed by atoms with van der Waals surface area (Å²) >= 11 is 0. The van der Waals surface area contributed by atoms with Gasteiger partial charge >= 0.3 is 6.09 Å². The van der Waals surface area contributed by atoms with E-state index in [0.29, 0.717) is 5.69 Å². The molecule has 0 saturated heterocycles. The maximum atomic E-state index is 11.8. The van der Waals surface area contributed by atoms with Crippen molar-refractivity contribution in [2.24, 2.45) is 17.6 Å². The van der Waals surface area contributed by atoms with E-state index in [4.69, 9.17) is 10.5 Å². The number of benzene rings is 1. The second kappa shape index (κ2) is 23.5. The molecule has 34 heavy (non-hydrogen) atoms. The highest BCUT2D eigenvalue weighted by Gasteiger charge is 2.17. The third kappa shape index (κ3) is 20.0. The molecule has 0 saturated carbocycles. The van der Waals surface area contributed by atoms with Crippen molar-refractivity contribution in [2.45, 2.75) is 87.8 Å². The lowest BCUT2D eigenvalue weighted by Crippen LogP contribution is -2.46. The molecule has 0 heterocycles. The predicted octanol–water partition coefficient (Wildman–Crippen LogP) is 5.08. The van der Waals surface area contributed by atoms with Crippen LogP contribution in [0, 0.1) is 11.8 Å². The molecule has 0 aliphatic heterocycles. The molecule has 1 aromatic rings. The van der Waals surface area contributed by atoms with Gasteiger partial charge < -0.3 is 26.4 Å². The van der Waals surface area contributed by atoms with Crippen molar-refractivity contribution in [2.75, 3.05) is 18.9 Å². The van der Waals surface area contributed by atoms with E-state index in [2.05, 4.69) is 36.7 Å². The van der Waals surface area contributed by atoms with Crippen molar-refractivity contribution in [3.05, 3.63) is 29.8 Å². The Morgan fingerprint density at radius 2 is 1.50 bits per heavy atom. The number of anilines is 1. The summed E-state index contributed by atoms with van der Waals surface area (Å²) in [4.78, 5) is 34.5. The van der Waals surface area contributed by atoms with E-state index in [1.807, 2.05) is 41.5 Å². The van der Waals surface area contributed by atoms with Gasteiger partial charge in [0.15, 0.2) is 0 Å². The Balaban J connectivity index is -0.000000819. The van der Waals surface area contributed by atoms with Gasteiger partial charge in [-0.3, -0.25) is 9.59 Å². The molecule has 1 atom stereocenters. The second-order valence-corrected chi connectivity index (χ2v) is 7.74. The van der Waals surface area contributed by atoms with Crippen LogP contribution >= 0.6 is 0 Å². The Morgan fingerprint density at radius 3 is 1.88 bits per heavy atom. The summed E-state index contributed by atoms with van der Waals surface area (Å²) in [5, 5.41) is 7.50. The Hall–Kier alpha value is -2.61. The summed E-state index contributed by atoms with van der Waals surface area (Å²) in [6.07, 6.45) is 2.19. The highest BCUT2D eigenvalue weighted by molar-refractivity contribution is 5.95. The van der Waals surface area contributed by atoms with Gasteiger partial charge in [-0.25, -0.2) is 4.79 Å². The Labute approximate surface area is 207 Å². The molecule has 1 rings (SSSR count). The normalized spacial score (nSPS) is 10.3. The zero-order valence-corrected chi connectivity index (χ0v) is 23.1. The van der Waals surface area contributed by atoms with Gasteiger partial charge in [0, 0.05) is 12.7 Å². The number of carbonyl (C=O) groups excluding carboxylic acids is 3. The third-order valence-corrected chi connectivity index (χ3v) is 4.12. The fourth-order valence-corrected chi connectivity index (χ4v) is 2.28. The van der Waals surface area contributed by atoms with E-state index >= 15 is 0 Å². The van der Waals surface area contributed by atoms with Crippen LogP contribution < -0.4 is 21.7 Å². The molecule has 1 unspecified atom stereocenters. The van der Waals surface area contributed by atoms with Crippen LogP contribution in [0.25, 0.3) is 0 Å². The van der Waals surface area contributed by atoms with E-state index in [0.717, 1.165) is 11.5 Å². The van der Waals surface area contributed by atoms with Crippen molar-refractivity contribution >= 4 is 23.6 Å². The van der Waals surface area contributed by atoms with Crippen LogP contribution in [0.3, 0.4) is 0 Å². The summed E-state index contributed by atoms with van der Waals surface area (Å²) in [6, 6.07) is 6.18. The lowest BCUT2D eigenvalue weighted by Gasteiger charge is -2.15. The predicted molar refractivity (Wildman–Crippen MR) is 143 cm³/mol. The second-order valence-electron chi connectivity index (χ2n) is 7.74. The molecule has 0 spiro atoms. The Kier molecular flexibility index (Phi) is 24.9. The first kappa shape index (κ1) is 36.0. The van der Waals surface area contributed by atoms with Crippen molar-refractivity contribution in [3.8, 4) is 0 Å². The largest absolute Gasteiger partial charge is 0.445 e. The van der Waals surface area contributed by atoms with E-state index in [-0.39, 0.29) is 30.9 Å². The van der Waals surface area contributed by atoms with Crippen LogP contribution in [0.4, 0.5) is 10.5 Å². The summed E-state index contributed by atoms with van der Waals surface area (Å²) in [5.41, 5.74) is 7.05. The molecule has 3 amide bonds. The molecule has 0 aliphatic carbocycles. The molecule has 0 fully saturated rings. The maximum absolute atomic E-state index is 11.8. The average molecular weight is 483 g/mol. The third-order valence-electron chi connectivity index (χ3n) is 4.12. The topological polar surface area (TPSA) is 123 Å². The first-order valence-corrected chi connectivity index (χ1v) is 12.4. The van der Waals surface area contributed by atoms with Gasteiger partial charge in [-0.15, -0.1) is 0 Å². The van der Waals surface area contributed by atoms with Gasteiger partial charge in [-0.05, 0) is 29.5 Å². The monoisotopic (exact) mass is 482 g/mol. The number of nitrogens with two attached hydrogens (primary N) is 1. The molecule has 1 aromatic carbocycles. The van der Waals surface area contributed by atoms with Crippen molar-refractivity contribution in [3.63, 3.8) is 0 Å². The summed E-state index contributed by atoms with van der Waals surface area (Å²) in [7, 11) is 1.48. The molecule has 0 aromatic heterocycles. The SMILES string of the molecule is CC.CC.CCCC(C)C.CNC(=O)OCc1ccc(NC(=O)CNC(=O)C(N)C(C)C)cc1. The van der Waals surface area contributed by atoms with Crippen LogP contribution in [0.1, 0.15) is 80.7 Å². The van der Waals surface area contributed by atoms with Crippen LogP contribution in [0.15, 0.2) is 24.3 Å². The van der Waals surface area contributed by atoms with Crippen LogP contribution in [-0.2, 0) is 20.9 Å². The fraction of sp³-hybridized carbons (Fsp3) is 0.654. The van der Waals surface area contributed by atoms with Crippen molar-refractivity contribution in [1.29, 1.82) is 0 Å². The molecule has 8 nitrogen and oxygen atoms in total. The maximum Gasteiger partial charge on any atom is 0.407 e. The molecule has 0 aliphatic rings. The molecule has 5 N–H and O–H groups in total. The van der Waals surface area contributed by atoms with Gasteiger partial charge in [-0.1, -0.05) is 87.3 Å². The zero-order chi connectivity index (χ0) is 27.1. The van der Waals surface area contributed by atoms with Crippen LogP contribution in [0.5, 0.6) is 0 Å². The number of alkyl carbamates (subject to hydrolysis) is 1. The van der Waals surface area contributed by atoms with E-state index in [1.165, 1.54) is 19.9 Å². The highest BCUT2D eigenvalue weighted by Crippen LogP contribution is 2.10. The minimum absolute atomic E-state index is 0.00221. The molecule has 0 bridgehead atoms. The summed E-state index contributed by atoms with van der Waals surface area (Å²) in [5.74, 6) is 0.183. The molecular weight excluding hydrogens is 432 g/mol. The Morgan fingerprint density at radius 1 is 0.971 bits per heavy atom. The number of carbonyl (C=O) groups is 3. The number of amides is 3. The molecule has 198 valence electrons. The first-order chi connectivity index (χ1) is 16.1. The van der Waals surface area contributed by atoms with Gasteiger partial charge in [0.05, 0.1) is 12.6 Å². The first-order valence-electron chi connectivity index (χ1n) is 12.4. The van der Waals surface area contributed by atoms with Gasteiger partial charge in [-0.2, -0.15) is 0 Å². The minimum Gasteiger partial charge on any atom is -0.445 e. The summed E-state index contributed by atoms with van der Waals surface area (Å²) in [6.45, 7) is 18.4.